The van der Waals surface area contributed by atoms with Crippen LogP contribution in [0.5, 0.6) is 0 Å². The summed E-state index contributed by atoms with van der Waals surface area (Å²) in [5, 5.41) is 10.6. The number of imidazole rings is 1. The molecule has 1 aromatic carbocycles. The zero-order valence-corrected chi connectivity index (χ0v) is 23.8. The molecular formula is C28H35N7O4S. The number of amides is 2. The molecule has 0 atom stereocenters. The highest BCUT2D eigenvalue weighted by Gasteiger charge is 2.30. The minimum absolute atomic E-state index is 0.153. The molecule has 212 valence electrons. The van der Waals surface area contributed by atoms with E-state index in [4.69, 9.17) is 14.9 Å². The number of carbonyl (C=O) groups is 2. The highest BCUT2D eigenvalue weighted by Crippen LogP contribution is 2.36. The third-order valence-corrected chi connectivity index (χ3v) is 7.10. The first-order chi connectivity index (χ1) is 19.1. The number of anilines is 1. The maximum atomic E-state index is 13.2. The van der Waals surface area contributed by atoms with Crippen molar-refractivity contribution in [3.05, 3.63) is 64.2 Å². The standard InChI is InChI=1S/C27H32N6O3S.CH3NO/c1-27(2,3)36-26(35)31-15-13-30(14-16-31)21-10-12-29-18-19(21)11-17-37-24(28)33-23-7-5-4-6-22(23)32(25(33)34)20-8-9-20;2-1-3/h4-7,10-12,17-18,20,28H,8-9,13-16H2,1-3H3;1H,(H2,2,3)/b17-11+,28-24?;. The largest absolute Gasteiger partial charge is 0.444 e. The molecule has 2 aromatic heterocycles. The molecule has 3 N–H and O–H groups in total. The third kappa shape index (κ3) is 6.74. The van der Waals surface area contributed by atoms with E-state index in [1.165, 1.54) is 16.3 Å². The van der Waals surface area contributed by atoms with Crippen LogP contribution in [0.4, 0.5) is 10.5 Å². The second-order valence-electron chi connectivity index (χ2n) is 10.5. The van der Waals surface area contributed by atoms with Crippen LogP contribution in [-0.2, 0) is 9.53 Å². The summed E-state index contributed by atoms with van der Waals surface area (Å²) in [5.41, 5.74) is 7.07. The molecule has 0 spiro atoms. The van der Waals surface area contributed by atoms with Gasteiger partial charge in [0, 0.05) is 55.9 Å². The Bertz CT molecular complexity index is 1460. The Morgan fingerprint density at radius 3 is 2.40 bits per heavy atom. The number of benzene rings is 1. The molecule has 12 heteroatoms. The Morgan fingerprint density at radius 1 is 1.12 bits per heavy atom. The van der Waals surface area contributed by atoms with E-state index in [1.54, 1.807) is 17.3 Å². The van der Waals surface area contributed by atoms with Crippen molar-refractivity contribution >= 4 is 52.2 Å². The third-order valence-electron chi connectivity index (χ3n) is 6.42. The highest BCUT2D eigenvalue weighted by molar-refractivity contribution is 8.16. The van der Waals surface area contributed by atoms with Crippen LogP contribution in [-0.4, -0.2) is 68.5 Å². The van der Waals surface area contributed by atoms with Gasteiger partial charge in [-0.1, -0.05) is 23.9 Å². The second kappa shape index (κ2) is 12.4. The summed E-state index contributed by atoms with van der Waals surface area (Å²) in [6.45, 7) is 8.13. The summed E-state index contributed by atoms with van der Waals surface area (Å²) in [6, 6.07) is 9.87. The summed E-state index contributed by atoms with van der Waals surface area (Å²) in [6.07, 6.45) is 7.45. The molecule has 40 heavy (non-hydrogen) atoms. The number of nitrogens with one attached hydrogen (secondary N) is 1. The predicted molar refractivity (Wildman–Crippen MR) is 159 cm³/mol. The first-order valence-corrected chi connectivity index (χ1v) is 14.0. The van der Waals surface area contributed by atoms with Crippen LogP contribution in [0.2, 0.25) is 0 Å². The van der Waals surface area contributed by atoms with E-state index < -0.39 is 5.60 Å². The average molecular weight is 566 g/mol. The molecule has 1 aliphatic heterocycles. The van der Waals surface area contributed by atoms with Crippen LogP contribution >= 0.6 is 11.8 Å². The molecule has 1 saturated heterocycles. The number of pyridine rings is 1. The number of rotatable bonds is 4. The normalized spacial score (nSPS) is 15.6. The summed E-state index contributed by atoms with van der Waals surface area (Å²) in [4.78, 5) is 42.4. The summed E-state index contributed by atoms with van der Waals surface area (Å²) in [7, 11) is 0. The summed E-state index contributed by atoms with van der Waals surface area (Å²) < 4.78 is 8.82. The number of hydrogen-bond acceptors (Lipinski definition) is 8. The van der Waals surface area contributed by atoms with Gasteiger partial charge in [0.25, 0.3) is 0 Å². The molecule has 1 saturated carbocycles. The van der Waals surface area contributed by atoms with Crippen LogP contribution in [0, 0.1) is 5.41 Å². The lowest BCUT2D eigenvalue weighted by Crippen LogP contribution is -2.50. The number of nitrogens with zero attached hydrogens (tertiary/aromatic N) is 5. The number of hydrogen-bond donors (Lipinski definition) is 2. The predicted octanol–water partition coefficient (Wildman–Crippen LogP) is 3.88. The van der Waals surface area contributed by atoms with Gasteiger partial charge >= 0.3 is 11.8 Å². The van der Waals surface area contributed by atoms with E-state index in [1.807, 2.05) is 67.2 Å². The van der Waals surface area contributed by atoms with Gasteiger partial charge < -0.3 is 20.3 Å². The molecule has 11 nitrogen and oxygen atoms in total. The minimum atomic E-state index is -0.513. The van der Waals surface area contributed by atoms with E-state index in [-0.39, 0.29) is 29.4 Å². The van der Waals surface area contributed by atoms with E-state index in [9.17, 15) is 9.59 Å². The fraction of sp³-hybridized carbons (Fsp3) is 0.393. The lowest BCUT2D eigenvalue weighted by atomic mass is 10.2. The number of aromatic nitrogens is 3. The number of carbonyl (C=O) groups excluding carboxylic acids is 2. The maximum absolute atomic E-state index is 13.2. The second-order valence-corrected chi connectivity index (χ2v) is 11.4. The molecule has 3 aromatic rings. The summed E-state index contributed by atoms with van der Waals surface area (Å²) >= 11 is 1.20. The van der Waals surface area contributed by atoms with Crippen molar-refractivity contribution in [2.24, 2.45) is 5.73 Å². The molecule has 2 amide bonds. The Hall–Kier alpha value is -4.06. The van der Waals surface area contributed by atoms with Crippen LogP contribution < -0.4 is 16.3 Å². The van der Waals surface area contributed by atoms with E-state index in [0.717, 1.165) is 35.1 Å². The Labute approximate surface area is 237 Å². The zero-order valence-electron chi connectivity index (χ0n) is 22.9. The zero-order chi connectivity index (χ0) is 28.9. The van der Waals surface area contributed by atoms with Gasteiger partial charge in [-0.2, -0.15) is 0 Å². The van der Waals surface area contributed by atoms with Gasteiger partial charge in [0.15, 0.2) is 5.17 Å². The number of piperazine rings is 1. The van der Waals surface area contributed by atoms with Crippen molar-refractivity contribution in [2.75, 3.05) is 31.1 Å². The van der Waals surface area contributed by atoms with Gasteiger partial charge in [0.05, 0.1) is 11.0 Å². The molecule has 2 fully saturated rings. The van der Waals surface area contributed by atoms with Crippen molar-refractivity contribution in [1.82, 2.24) is 19.0 Å². The van der Waals surface area contributed by atoms with Crippen molar-refractivity contribution in [1.29, 1.82) is 5.41 Å². The Morgan fingerprint density at radius 2 is 1.77 bits per heavy atom. The van der Waals surface area contributed by atoms with Crippen molar-refractivity contribution in [3.8, 4) is 0 Å². The summed E-state index contributed by atoms with van der Waals surface area (Å²) in [5.74, 6) is 0. The van der Waals surface area contributed by atoms with E-state index in [0.29, 0.717) is 26.2 Å². The lowest BCUT2D eigenvalue weighted by Gasteiger charge is -2.37. The van der Waals surface area contributed by atoms with Gasteiger partial charge in [-0.15, -0.1) is 0 Å². The maximum Gasteiger partial charge on any atom is 0.410 e. The van der Waals surface area contributed by atoms with Gasteiger partial charge in [-0.05, 0) is 63.3 Å². The van der Waals surface area contributed by atoms with Crippen LogP contribution in [0.15, 0.2) is 52.9 Å². The number of ether oxygens (including phenoxy) is 1. The first kappa shape index (κ1) is 28.9. The molecule has 5 rings (SSSR count). The smallest absolute Gasteiger partial charge is 0.410 e. The van der Waals surface area contributed by atoms with Crippen molar-refractivity contribution < 1.29 is 14.3 Å². The SMILES string of the molecule is CC(C)(C)OC(=O)N1CCN(c2ccncc2/C=C/SC(=N)n2c(=O)n(C3CC3)c3ccccc32)CC1.NC=O. The van der Waals surface area contributed by atoms with Gasteiger partial charge in [0.1, 0.15) is 5.60 Å². The van der Waals surface area contributed by atoms with Gasteiger partial charge in [-0.3, -0.25) is 19.8 Å². The monoisotopic (exact) mass is 565 g/mol. The number of para-hydroxylation sites is 2. The van der Waals surface area contributed by atoms with Gasteiger partial charge in [-0.25, -0.2) is 14.2 Å². The number of thioether (sulfide) groups is 1. The lowest BCUT2D eigenvalue weighted by molar-refractivity contribution is -0.106. The van der Waals surface area contributed by atoms with Crippen LogP contribution in [0.25, 0.3) is 17.1 Å². The fourth-order valence-electron chi connectivity index (χ4n) is 4.55. The molecule has 0 unspecified atom stereocenters. The van der Waals surface area contributed by atoms with E-state index >= 15 is 0 Å². The van der Waals surface area contributed by atoms with Crippen molar-refractivity contribution in [2.45, 2.75) is 45.3 Å². The highest BCUT2D eigenvalue weighted by atomic mass is 32.2. The fourth-order valence-corrected chi connectivity index (χ4v) is 5.17. The van der Waals surface area contributed by atoms with Crippen LogP contribution in [0.3, 0.4) is 0 Å². The molecule has 0 radical (unpaired) electrons. The van der Waals surface area contributed by atoms with E-state index in [2.05, 4.69) is 15.6 Å². The molecule has 0 bridgehead atoms. The first-order valence-electron chi connectivity index (χ1n) is 13.1. The van der Waals surface area contributed by atoms with Crippen LogP contribution in [0.1, 0.15) is 45.2 Å². The van der Waals surface area contributed by atoms with Gasteiger partial charge in [0.2, 0.25) is 6.41 Å². The quantitative estimate of drug-likeness (QED) is 0.278. The Kier molecular flexibility index (Phi) is 8.98. The molecule has 2 aliphatic rings. The molecular weight excluding hydrogens is 530 g/mol. The number of fused-ring (bicyclic) bond motifs is 1. The average Bonchev–Trinajstić information content (AvgIpc) is 3.70. The molecule has 1 aliphatic carbocycles. The van der Waals surface area contributed by atoms with Crippen molar-refractivity contribution in [3.63, 3.8) is 0 Å². The Balaban J connectivity index is 0.00000118. The number of nitrogens with two attached hydrogens (primary N) is 1. The topological polar surface area (TPSA) is 140 Å². The minimum Gasteiger partial charge on any atom is -0.444 e. The number of primary amides is 1. The molecule has 3 heterocycles.